The van der Waals surface area contributed by atoms with E-state index in [9.17, 15) is 0 Å². The first-order chi connectivity index (χ1) is 20.1. The van der Waals surface area contributed by atoms with E-state index in [-0.39, 0.29) is 5.41 Å². The highest BCUT2D eigenvalue weighted by Crippen LogP contribution is 2.52. The molecular weight excluding hydrogens is 496 g/mol. The standard InChI is InChI=1S/C39H32N2/c1-39(2)35-23-12-13-24-37(35)41(33-20-10-5-11-21-33)38-28-30(25-26-36(38)39)29-15-14-22-34(27-29)40(31-16-6-3-7-17-31)32-18-8-4-9-19-32/h3-28H,1-2H3. The molecule has 41 heavy (non-hydrogen) atoms. The number of para-hydroxylation sites is 4. The van der Waals surface area contributed by atoms with Gasteiger partial charge in [0.05, 0.1) is 11.4 Å². The minimum absolute atomic E-state index is 0.116. The first kappa shape index (κ1) is 24.9. The zero-order valence-electron chi connectivity index (χ0n) is 23.4. The summed E-state index contributed by atoms with van der Waals surface area (Å²) in [4.78, 5) is 4.74. The summed E-state index contributed by atoms with van der Waals surface area (Å²) in [7, 11) is 0. The van der Waals surface area contributed by atoms with E-state index in [1.165, 1.54) is 39.3 Å². The van der Waals surface area contributed by atoms with Crippen molar-refractivity contribution in [3.8, 4) is 11.1 Å². The maximum Gasteiger partial charge on any atom is 0.0508 e. The van der Waals surface area contributed by atoms with Gasteiger partial charge in [0.2, 0.25) is 0 Å². The average molecular weight is 529 g/mol. The van der Waals surface area contributed by atoms with E-state index in [1.54, 1.807) is 0 Å². The Labute approximate surface area is 242 Å². The van der Waals surface area contributed by atoms with Gasteiger partial charge in [-0.2, -0.15) is 0 Å². The van der Waals surface area contributed by atoms with Crippen molar-refractivity contribution >= 4 is 34.1 Å². The monoisotopic (exact) mass is 528 g/mol. The van der Waals surface area contributed by atoms with Crippen LogP contribution in [0.4, 0.5) is 34.1 Å². The summed E-state index contributed by atoms with van der Waals surface area (Å²) in [6.07, 6.45) is 0. The summed E-state index contributed by atoms with van der Waals surface area (Å²) >= 11 is 0. The third-order valence-corrected chi connectivity index (χ3v) is 8.21. The Hall–Kier alpha value is -5.08. The normalized spacial score (nSPS) is 13.3. The van der Waals surface area contributed by atoms with Crippen molar-refractivity contribution in [3.05, 3.63) is 169 Å². The smallest absolute Gasteiger partial charge is 0.0508 e. The molecule has 0 unspecified atom stereocenters. The predicted octanol–water partition coefficient (Wildman–Crippen LogP) is 10.9. The van der Waals surface area contributed by atoms with Crippen LogP contribution in [-0.4, -0.2) is 0 Å². The number of anilines is 6. The quantitative estimate of drug-likeness (QED) is 0.220. The topological polar surface area (TPSA) is 6.48 Å². The second kappa shape index (κ2) is 10.1. The van der Waals surface area contributed by atoms with Gasteiger partial charge >= 0.3 is 0 Å². The van der Waals surface area contributed by atoms with Crippen LogP contribution in [0.15, 0.2) is 158 Å². The van der Waals surface area contributed by atoms with Gasteiger partial charge in [0.1, 0.15) is 0 Å². The van der Waals surface area contributed by atoms with E-state index in [2.05, 4.69) is 181 Å². The first-order valence-corrected chi connectivity index (χ1v) is 14.2. The van der Waals surface area contributed by atoms with E-state index < -0.39 is 0 Å². The summed E-state index contributed by atoms with van der Waals surface area (Å²) < 4.78 is 0. The van der Waals surface area contributed by atoms with Crippen molar-refractivity contribution < 1.29 is 0 Å². The Morgan fingerprint density at radius 2 is 0.976 bits per heavy atom. The molecule has 6 aromatic carbocycles. The highest BCUT2D eigenvalue weighted by molar-refractivity contribution is 5.89. The molecule has 7 rings (SSSR count). The van der Waals surface area contributed by atoms with E-state index in [0.717, 1.165) is 17.1 Å². The molecule has 0 radical (unpaired) electrons. The highest BCUT2D eigenvalue weighted by Gasteiger charge is 2.36. The highest BCUT2D eigenvalue weighted by atomic mass is 15.2. The van der Waals surface area contributed by atoms with Crippen LogP contribution in [0.5, 0.6) is 0 Å². The zero-order valence-corrected chi connectivity index (χ0v) is 23.4. The molecule has 1 aliphatic heterocycles. The van der Waals surface area contributed by atoms with Crippen LogP contribution in [0.3, 0.4) is 0 Å². The van der Waals surface area contributed by atoms with Crippen molar-refractivity contribution in [1.29, 1.82) is 0 Å². The molecule has 0 aliphatic carbocycles. The van der Waals surface area contributed by atoms with E-state index in [4.69, 9.17) is 0 Å². The fraction of sp³-hybridized carbons (Fsp3) is 0.0769. The summed E-state index contributed by atoms with van der Waals surface area (Å²) in [5.41, 5.74) is 12.0. The van der Waals surface area contributed by atoms with Crippen LogP contribution >= 0.6 is 0 Å². The lowest BCUT2D eigenvalue weighted by Gasteiger charge is -2.42. The predicted molar refractivity (Wildman–Crippen MR) is 173 cm³/mol. The minimum Gasteiger partial charge on any atom is -0.310 e. The van der Waals surface area contributed by atoms with Crippen molar-refractivity contribution in [3.63, 3.8) is 0 Å². The minimum atomic E-state index is -0.116. The Kier molecular flexibility index (Phi) is 6.17. The number of hydrogen-bond donors (Lipinski definition) is 0. The van der Waals surface area contributed by atoms with E-state index in [0.29, 0.717) is 0 Å². The molecule has 0 saturated heterocycles. The fourth-order valence-electron chi connectivity index (χ4n) is 6.18. The lowest BCUT2D eigenvalue weighted by atomic mass is 9.73. The Bertz CT molecular complexity index is 1770. The number of nitrogens with zero attached hydrogens (tertiary/aromatic N) is 2. The van der Waals surface area contributed by atoms with Crippen molar-refractivity contribution in [2.45, 2.75) is 19.3 Å². The number of fused-ring (bicyclic) bond motifs is 2. The van der Waals surface area contributed by atoms with Crippen molar-refractivity contribution in [1.82, 2.24) is 0 Å². The van der Waals surface area contributed by atoms with Gasteiger partial charge in [-0.3, -0.25) is 0 Å². The van der Waals surface area contributed by atoms with Gasteiger partial charge in [-0.25, -0.2) is 0 Å². The number of hydrogen-bond acceptors (Lipinski definition) is 2. The molecule has 0 N–H and O–H groups in total. The van der Waals surface area contributed by atoms with Crippen LogP contribution in [-0.2, 0) is 5.41 Å². The molecule has 1 heterocycles. The molecule has 0 atom stereocenters. The SMILES string of the molecule is CC1(C)c2ccccc2N(c2ccccc2)c2cc(-c3cccc(N(c4ccccc4)c4ccccc4)c3)ccc21. The van der Waals surface area contributed by atoms with Crippen LogP contribution in [0.25, 0.3) is 11.1 Å². The summed E-state index contributed by atoms with van der Waals surface area (Å²) in [6, 6.07) is 56.5. The molecule has 198 valence electrons. The second-order valence-electron chi connectivity index (χ2n) is 11.1. The summed E-state index contributed by atoms with van der Waals surface area (Å²) in [6.45, 7) is 4.68. The molecular formula is C39H32N2. The maximum atomic E-state index is 2.42. The molecule has 0 amide bonds. The van der Waals surface area contributed by atoms with Crippen LogP contribution in [0.2, 0.25) is 0 Å². The van der Waals surface area contributed by atoms with Crippen molar-refractivity contribution in [2.24, 2.45) is 0 Å². The molecule has 0 fully saturated rings. The van der Waals surface area contributed by atoms with Gasteiger partial charge in [-0.1, -0.05) is 111 Å². The average Bonchev–Trinajstić information content (AvgIpc) is 3.03. The third kappa shape index (κ3) is 4.38. The largest absolute Gasteiger partial charge is 0.310 e. The zero-order chi connectivity index (χ0) is 27.8. The van der Waals surface area contributed by atoms with Gasteiger partial charge in [-0.05, 0) is 82.9 Å². The molecule has 0 spiro atoms. The van der Waals surface area contributed by atoms with Gasteiger partial charge in [0.15, 0.2) is 0 Å². The molecule has 1 aliphatic rings. The molecule has 0 saturated carbocycles. The number of benzene rings is 6. The first-order valence-electron chi connectivity index (χ1n) is 14.2. The van der Waals surface area contributed by atoms with Gasteiger partial charge in [-0.15, -0.1) is 0 Å². The van der Waals surface area contributed by atoms with Gasteiger partial charge in [0, 0.05) is 28.2 Å². The number of rotatable bonds is 5. The lowest BCUT2D eigenvalue weighted by Crippen LogP contribution is -2.30. The van der Waals surface area contributed by atoms with Crippen molar-refractivity contribution in [2.75, 3.05) is 9.80 Å². The molecule has 2 nitrogen and oxygen atoms in total. The van der Waals surface area contributed by atoms with Crippen LogP contribution in [0.1, 0.15) is 25.0 Å². The summed E-state index contributed by atoms with van der Waals surface area (Å²) in [5, 5.41) is 0. The van der Waals surface area contributed by atoms with E-state index in [1.807, 2.05) is 0 Å². The fourth-order valence-corrected chi connectivity index (χ4v) is 6.18. The van der Waals surface area contributed by atoms with Crippen LogP contribution < -0.4 is 9.80 Å². The molecule has 0 bridgehead atoms. The third-order valence-electron chi connectivity index (χ3n) is 8.21. The molecule has 6 aromatic rings. The Balaban J connectivity index is 1.38. The van der Waals surface area contributed by atoms with E-state index >= 15 is 0 Å². The Morgan fingerprint density at radius 3 is 1.66 bits per heavy atom. The van der Waals surface area contributed by atoms with Gasteiger partial charge in [0.25, 0.3) is 0 Å². The second-order valence-corrected chi connectivity index (χ2v) is 11.1. The maximum absolute atomic E-state index is 2.42. The lowest BCUT2D eigenvalue weighted by molar-refractivity contribution is 0.632. The molecule has 0 aromatic heterocycles. The van der Waals surface area contributed by atoms with Crippen LogP contribution in [0, 0.1) is 0 Å². The van der Waals surface area contributed by atoms with Gasteiger partial charge < -0.3 is 9.80 Å². The Morgan fingerprint density at radius 1 is 0.439 bits per heavy atom. The summed E-state index contributed by atoms with van der Waals surface area (Å²) in [5.74, 6) is 0. The molecule has 2 heteroatoms.